The summed E-state index contributed by atoms with van der Waals surface area (Å²) in [6.45, 7) is 0. The van der Waals surface area contributed by atoms with E-state index in [1.54, 1.807) is 36.7 Å². The molecule has 0 bridgehead atoms. The molecule has 2 aliphatic heterocycles. The third kappa shape index (κ3) is 4.29. The highest BCUT2D eigenvalue weighted by molar-refractivity contribution is 5.99. The van der Waals surface area contributed by atoms with Crippen LogP contribution in [0.25, 0.3) is 0 Å². The van der Waals surface area contributed by atoms with Crippen LogP contribution < -0.4 is 26.3 Å². The van der Waals surface area contributed by atoms with E-state index in [2.05, 4.69) is 26.5 Å². The van der Waals surface area contributed by atoms with Crippen LogP contribution in [0.15, 0.2) is 77.3 Å². The number of aliphatic imine (C=N–C) groups is 1. The number of fused-ring (bicyclic) bond motifs is 1. The Balaban J connectivity index is 1.38. The minimum atomic E-state index is -4.43. The van der Waals surface area contributed by atoms with Crippen LogP contribution in [0.5, 0.6) is 5.75 Å². The van der Waals surface area contributed by atoms with Crippen molar-refractivity contribution in [1.82, 2.24) is 15.9 Å². The molecule has 2 heterocycles. The van der Waals surface area contributed by atoms with Crippen molar-refractivity contribution in [2.24, 2.45) is 4.99 Å². The first kappa shape index (κ1) is 19.2. The highest BCUT2D eigenvalue weighted by Gasteiger charge is 2.30. The maximum Gasteiger partial charge on any atom is 0.416 e. The van der Waals surface area contributed by atoms with Gasteiger partial charge in [0.1, 0.15) is 17.7 Å². The third-order valence-electron chi connectivity index (χ3n) is 4.07. The predicted octanol–water partition coefficient (Wildman–Crippen LogP) is 3.78. The standard InChI is InChI=1S/C19H15F3N6O2/c20-19(21,22)12-4-6-13(7-5-12)25-18(29)26-14-2-1-3-15(8-14)30-28-11-23-9-16-17(28)10-24-27-16/h1-11,24,27H,(H2,25,26,29). The number of hydroxylamine groups is 2. The van der Waals surface area contributed by atoms with Crippen LogP contribution in [0, 0.1) is 0 Å². The molecule has 0 aliphatic carbocycles. The number of nitrogens with one attached hydrogen (secondary N) is 4. The zero-order chi connectivity index (χ0) is 21.1. The minimum Gasteiger partial charge on any atom is -0.374 e. The Bertz CT molecular complexity index is 1050. The average Bonchev–Trinajstić information content (AvgIpc) is 3.18. The molecule has 0 aromatic heterocycles. The fourth-order valence-corrected chi connectivity index (χ4v) is 2.69. The van der Waals surface area contributed by atoms with E-state index in [1.807, 2.05) is 0 Å². The minimum absolute atomic E-state index is 0.227. The van der Waals surface area contributed by atoms with Crippen molar-refractivity contribution >= 4 is 23.7 Å². The van der Waals surface area contributed by atoms with Crippen LogP contribution in [0.1, 0.15) is 5.56 Å². The summed E-state index contributed by atoms with van der Waals surface area (Å²) in [5, 5.41) is 6.53. The molecule has 0 radical (unpaired) electrons. The Morgan fingerprint density at radius 1 is 1.07 bits per heavy atom. The van der Waals surface area contributed by atoms with Crippen molar-refractivity contribution < 1.29 is 22.8 Å². The topological polar surface area (TPSA) is 90.0 Å². The van der Waals surface area contributed by atoms with Gasteiger partial charge in [-0.15, -0.1) is 0 Å². The SMILES string of the molecule is O=C(Nc1ccc(C(F)(F)F)cc1)Nc1cccc(ON2C=NC=C3NNC=C32)c1. The van der Waals surface area contributed by atoms with Crippen LogP contribution in [-0.4, -0.2) is 17.4 Å². The Morgan fingerprint density at radius 3 is 2.60 bits per heavy atom. The van der Waals surface area contributed by atoms with Crippen molar-refractivity contribution in [3.05, 3.63) is 77.9 Å². The third-order valence-corrected chi connectivity index (χ3v) is 4.07. The molecule has 0 unspecified atom stereocenters. The Morgan fingerprint density at radius 2 is 1.83 bits per heavy atom. The lowest BCUT2D eigenvalue weighted by Crippen LogP contribution is -2.29. The summed E-state index contributed by atoms with van der Waals surface area (Å²) in [5.41, 5.74) is 7.07. The van der Waals surface area contributed by atoms with E-state index in [0.29, 0.717) is 11.4 Å². The monoisotopic (exact) mass is 416 g/mol. The first-order valence-corrected chi connectivity index (χ1v) is 8.66. The molecule has 2 aromatic carbocycles. The maximum absolute atomic E-state index is 12.6. The van der Waals surface area contributed by atoms with E-state index in [-0.39, 0.29) is 5.69 Å². The number of hydrogen-bond donors (Lipinski definition) is 4. The Labute approximate surface area is 168 Å². The normalized spacial score (nSPS) is 14.7. The zero-order valence-corrected chi connectivity index (χ0v) is 15.2. The smallest absolute Gasteiger partial charge is 0.374 e. The molecule has 11 heteroatoms. The molecule has 4 rings (SSSR count). The summed E-state index contributed by atoms with van der Waals surface area (Å²) < 4.78 is 37.8. The molecule has 154 valence electrons. The number of hydrazine groups is 1. The van der Waals surface area contributed by atoms with Gasteiger partial charge in [-0.3, -0.25) is 5.43 Å². The van der Waals surface area contributed by atoms with Gasteiger partial charge in [-0.1, -0.05) is 6.07 Å². The van der Waals surface area contributed by atoms with Crippen LogP contribution in [0.4, 0.5) is 29.3 Å². The maximum atomic E-state index is 12.6. The van der Waals surface area contributed by atoms with E-state index >= 15 is 0 Å². The summed E-state index contributed by atoms with van der Waals surface area (Å²) in [6.07, 6.45) is 0.394. The van der Waals surface area contributed by atoms with Crippen molar-refractivity contribution in [3.63, 3.8) is 0 Å². The van der Waals surface area contributed by atoms with Gasteiger partial charge in [0, 0.05) is 23.6 Å². The molecule has 0 atom stereocenters. The number of amides is 2. The van der Waals surface area contributed by atoms with Crippen LogP contribution in [0.3, 0.4) is 0 Å². The lowest BCUT2D eigenvalue weighted by atomic mass is 10.2. The van der Waals surface area contributed by atoms with Crippen molar-refractivity contribution in [2.75, 3.05) is 10.6 Å². The van der Waals surface area contributed by atoms with Gasteiger partial charge in [-0.25, -0.2) is 9.79 Å². The van der Waals surface area contributed by atoms with Gasteiger partial charge in [0.05, 0.1) is 11.8 Å². The van der Waals surface area contributed by atoms with Crippen molar-refractivity contribution in [3.8, 4) is 5.75 Å². The molecule has 2 aromatic rings. The molecule has 0 spiro atoms. The second-order valence-corrected chi connectivity index (χ2v) is 6.21. The molecule has 2 amide bonds. The van der Waals surface area contributed by atoms with E-state index in [1.165, 1.54) is 23.5 Å². The van der Waals surface area contributed by atoms with Gasteiger partial charge in [0.15, 0.2) is 5.75 Å². The zero-order valence-electron chi connectivity index (χ0n) is 15.2. The molecule has 30 heavy (non-hydrogen) atoms. The number of hydrogen-bond acceptors (Lipinski definition) is 6. The van der Waals surface area contributed by atoms with E-state index in [4.69, 9.17) is 4.84 Å². The fourth-order valence-electron chi connectivity index (χ4n) is 2.69. The van der Waals surface area contributed by atoms with E-state index in [0.717, 1.165) is 23.5 Å². The van der Waals surface area contributed by atoms with Gasteiger partial charge in [0.25, 0.3) is 0 Å². The van der Waals surface area contributed by atoms with Crippen LogP contribution in [-0.2, 0) is 6.18 Å². The summed E-state index contributed by atoms with van der Waals surface area (Å²) in [7, 11) is 0. The molecule has 4 N–H and O–H groups in total. The lowest BCUT2D eigenvalue weighted by Gasteiger charge is -2.22. The molecule has 0 saturated carbocycles. The van der Waals surface area contributed by atoms with Gasteiger partial charge in [-0.2, -0.15) is 18.2 Å². The highest BCUT2D eigenvalue weighted by Crippen LogP contribution is 2.30. The lowest BCUT2D eigenvalue weighted by molar-refractivity contribution is -0.137. The summed E-state index contributed by atoms with van der Waals surface area (Å²) >= 11 is 0. The van der Waals surface area contributed by atoms with Crippen LogP contribution in [0.2, 0.25) is 0 Å². The van der Waals surface area contributed by atoms with Crippen molar-refractivity contribution in [2.45, 2.75) is 6.18 Å². The molecular weight excluding hydrogens is 401 g/mol. The largest absolute Gasteiger partial charge is 0.416 e. The number of carbonyl (C=O) groups excluding carboxylic acids is 1. The summed E-state index contributed by atoms with van der Waals surface area (Å²) in [6, 6.07) is 10.2. The molecule has 8 nitrogen and oxygen atoms in total. The quantitative estimate of drug-likeness (QED) is 0.609. The predicted molar refractivity (Wildman–Crippen MR) is 104 cm³/mol. The second kappa shape index (κ2) is 7.70. The summed E-state index contributed by atoms with van der Waals surface area (Å²) in [5.74, 6) is 0.433. The second-order valence-electron chi connectivity index (χ2n) is 6.21. The number of nitrogens with zero attached hydrogens (tertiary/aromatic N) is 2. The van der Waals surface area contributed by atoms with Gasteiger partial charge >= 0.3 is 12.2 Å². The molecule has 2 aliphatic rings. The van der Waals surface area contributed by atoms with Crippen molar-refractivity contribution in [1.29, 1.82) is 0 Å². The molecular formula is C19H15F3N6O2. The summed E-state index contributed by atoms with van der Waals surface area (Å²) in [4.78, 5) is 22.0. The molecule has 0 fully saturated rings. The number of alkyl halides is 3. The first-order valence-electron chi connectivity index (χ1n) is 8.66. The van der Waals surface area contributed by atoms with Gasteiger partial charge < -0.3 is 20.9 Å². The van der Waals surface area contributed by atoms with E-state index in [9.17, 15) is 18.0 Å². The van der Waals surface area contributed by atoms with Gasteiger partial charge in [0.2, 0.25) is 0 Å². The van der Waals surface area contributed by atoms with Crippen LogP contribution >= 0.6 is 0 Å². The Kier molecular flexibility index (Phi) is 4.92. The van der Waals surface area contributed by atoms with Gasteiger partial charge in [-0.05, 0) is 36.4 Å². The highest BCUT2D eigenvalue weighted by atomic mass is 19.4. The molecule has 0 saturated heterocycles. The number of rotatable bonds is 4. The average molecular weight is 416 g/mol. The fraction of sp³-hybridized carbons (Fsp3) is 0.0526. The Hall–Kier alpha value is -4.15. The number of benzene rings is 2. The number of carbonyl (C=O) groups is 1. The van der Waals surface area contributed by atoms with E-state index < -0.39 is 17.8 Å². The number of anilines is 2. The first-order chi connectivity index (χ1) is 14.4. The number of halogens is 3. The number of urea groups is 1.